The fourth-order valence-electron chi connectivity index (χ4n) is 0.522. The molecule has 0 spiro atoms. The van der Waals surface area contributed by atoms with Gasteiger partial charge in [0, 0.05) is 0 Å². The summed E-state index contributed by atoms with van der Waals surface area (Å²) in [5.41, 5.74) is 0. The van der Waals surface area contributed by atoms with Crippen LogP contribution >= 0.6 is 0 Å². The average Bonchev–Trinajstić information content (AvgIpc) is 1.59. The van der Waals surface area contributed by atoms with Gasteiger partial charge in [-0.25, -0.2) is 0 Å². The van der Waals surface area contributed by atoms with Crippen molar-refractivity contribution in [3.63, 3.8) is 0 Å². The van der Waals surface area contributed by atoms with Crippen molar-refractivity contribution in [2.75, 3.05) is 13.6 Å². The molecule has 0 fully saturated rings. The summed E-state index contributed by atoms with van der Waals surface area (Å²) < 4.78 is 5.12. The van der Waals surface area contributed by atoms with Crippen LogP contribution in [0.25, 0.3) is 0 Å². The number of hydrogen-bond acceptors (Lipinski definition) is 3. The Hall–Kier alpha value is -0.353. The Labute approximate surface area is 62.9 Å². The second-order valence-electron chi connectivity index (χ2n) is 3.12. The number of hydrogen-bond donors (Lipinski definition) is 1. The molecule has 0 aromatic carbocycles. The lowest BCUT2D eigenvalue weighted by Crippen LogP contribution is -2.33. The van der Waals surface area contributed by atoms with E-state index in [0.29, 0.717) is 6.54 Å². The average molecular weight is 161 g/mol. The molecule has 60 valence electrons. The van der Waals surface area contributed by atoms with Crippen LogP contribution in [0.2, 0.25) is 19.6 Å². The summed E-state index contributed by atoms with van der Waals surface area (Å²) in [5.74, 6) is -0.151. The first kappa shape index (κ1) is 9.65. The maximum atomic E-state index is 10.8. The molecule has 10 heavy (non-hydrogen) atoms. The summed E-state index contributed by atoms with van der Waals surface area (Å²) in [5, 5.41) is 2.74. The topological polar surface area (TPSA) is 38.3 Å². The van der Waals surface area contributed by atoms with Crippen molar-refractivity contribution < 1.29 is 9.22 Å². The van der Waals surface area contributed by atoms with Gasteiger partial charge in [0.2, 0.25) is 8.32 Å². The summed E-state index contributed by atoms with van der Waals surface area (Å²) in [6.45, 7) is 6.27. The van der Waals surface area contributed by atoms with Gasteiger partial charge in [-0.15, -0.1) is 0 Å². The predicted octanol–water partition coefficient (Wildman–Crippen LogP) is 0.584. The highest BCUT2D eigenvalue weighted by atomic mass is 28.4. The smallest absolute Gasteiger partial charge is 0.306 e. The van der Waals surface area contributed by atoms with Crippen molar-refractivity contribution in [3.05, 3.63) is 0 Å². The van der Waals surface area contributed by atoms with Crippen molar-refractivity contribution >= 4 is 14.3 Å². The zero-order valence-electron chi connectivity index (χ0n) is 7.02. The molecule has 0 bridgehead atoms. The van der Waals surface area contributed by atoms with Crippen molar-refractivity contribution in [3.8, 4) is 0 Å². The van der Waals surface area contributed by atoms with Gasteiger partial charge in [-0.1, -0.05) is 0 Å². The third-order valence-corrected chi connectivity index (χ3v) is 1.58. The van der Waals surface area contributed by atoms with E-state index in [1.807, 2.05) is 19.6 Å². The Bertz CT molecular complexity index is 119. The fourth-order valence-corrected chi connectivity index (χ4v) is 1.28. The molecule has 0 aliphatic carbocycles. The fraction of sp³-hybridized carbons (Fsp3) is 0.833. The minimum atomic E-state index is -1.65. The van der Waals surface area contributed by atoms with Crippen LogP contribution in [0.1, 0.15) is 0 Å². The third kappa shape index (κ3) is 5.78. The molecule has 0 saturated heterocycles. The van der Waals surface area contributed by atoms with Crippen LogP contribution in [0.5, 0.6) is 0 Å². The molecule has 0 rings (SSSR count). The molecule has 3 nitrogen and oxygen atoms in total. The molecule has 1 N–H and O–H groups in total. The van der Waals surface area contributed by atoms with E-state index in [9.17, 15) is 4.79 Å². The van der Waals surface area contributed by atoms with Crippen LogP contribution in [0, 0.1) is 0 Å². The molecule has 0 unspecified atom stereocenters. The van der Waals surface area contributed by atoms with Crippen LogP contribution in [0.3, 0.4) is 0 Å². The monoisotopic (exact) mass is 161 g/mol. The standard InChI is InChI=1S/C6H15NO2Si/c1-7-5-6(8)9-10(2,3)4/h7H,5H2,1-4H3. The minimum Gasteiger partial charge on any atom is -0.519 e. The lowest BCUT2D eigenvalue weighted by Gasteiger charge is -2.16. The van der Waals surface area contributed by atoms with E-state index < -0.39 is 8.32 Å². The first-order valence-corrected chi connectivity index (χ1v) is 6.73. The Morgan fingerprint density at radius 2 is 2.00 bits per heavy atom. The number of rotatable bonds is 3. The molecule has 0 aliphatic heterocycles. The predicted molar refractivity (Wildman–Crippen MR) is 43.4 cm³/mol. The van der Waals surface area contributed by atoms with Crippen molar-refractivity contribution in [2.45, 2.75) is 19.6 Å². The van der Waals surface area contributed by atoms with Gasteiger partial charge in [0.1, 0.15) is 0 Å². The molecule has 0 amide bonds. The first-order valence-electron chi connectivity index (χ1n) is 3.32. The summed E-state index contributed by atoms with van der Waals surface area (Å²) in [7, 11) is 0.0806. The summed E-state index contributed by atoms with van der Waals surface area (Å²) in [6, 6.07) is 0. The molecule has 0 saturated carbocycles. The van der Waals surface area contributed by atoms with E-state index in [4.69, 9.17) is 4.43 Å². The molecule has 0 aromatic heterocycles. The lowest BCUT2D eigenvalue weighted by molar-refractivity contribution is -0.133. The minimum absolute atomic E-state index is 0.151. The number of nitrogens with one attached hydrogen (secondary N) is 1. The second-order valence-corrected chi connectivity index (χ2v) is 7.55. The normalized spacial score (nSPS) is 11.2. The third-order valence-electron chi connectivity index (χ3n) is 0.741. The van der Waals surface area contributed by atoms with E-state index in [1.54, 1.807) is 7.05 Å². The molecule has 0 aliphatic rings. The van der Waals surface area contributed by atoms with Crippen molar-refractivity contribution in [1.29, 1.82) is 0 Å². The second kappa shape index (κ2) is 3.73. The summed E-state index contributed by atoms with van der Waals surface area (Å²) in [4.78, 5) is 10.8. The summed E-state index contributed by atoms with van der Waals surface area (Å²) in [6.07, 6.45) is 0. The Morgan fingerprint density at radius 3 is 2.30 bits per heavy atom. The van der Waals surface area contributed by atoms with Gasteiger partial charge in [-0.2, -0.15) is 0 Å². The number of carbonyl (C=O) groups is 1. The molecule has 0 radical (unpaired) electrons. The van der Waals surface area contributed by atoms with Gasteiger partial charge in [0.25, 0.3) is 0 Å². The van der Waals surface area contributed by atoms with E-state index >= 15 is 0 Å². The number of likely N-dealkylation sites (N-methyl/N-ethyl adjacent to an activating group) is 1. The number of carbonyl (C=O) groups excluding carboxylic acids is 1. The van der Waals surface area contributed by atoms with Gasteiger partial charge >= 0.3 is 5.97 Å². The van der Waals surface area contributed by atoms with Crippen LogP contribution in [-0.4, -0.2) is 27.9 Å². The molecule has 0 atom stereocenters. The van der Waals surface area contributed by atoms with Crippen LogP contribution in [0.4, 0.5) is 0 Å². The molecule has 4 heteroatoms. The SMILES string of the molecule is CNCC(=O)O[Si](C)(C)C. The highest BCUT2D eigenvalue weighted by Crippen LogP contribution is 2.01. The Balaban J connectivity index is 3.58. The van der Waals surface area contributed by atoms with Crippen LogP contribution in [0.15, 0.2) is 0 Å². The maximum absolute atomic E-state index is 10.8. The summed E-state index contributed by atoms with van der Waals surface area (Å²) >= 11 is 0. The molecule has 0 heterocycles. The van der Waals surface area contributed by atoms with Crippen molar-refractivity contribution in [1.82, 2.24) is 5.32 Å². The largest absolute Gasteiger partial charge is 0.519 e. The Morgan fingerprint density at radius 1 is 1.50 bits per heavy atom. The lowest BCUT2D eigenvalue weighted by atomic mass is 10.7. The van der Waals surface area contributed by atoms with Gasteiger partial charge in [-0.3, -0.25) is 4.79 Å². The highest BCUT2D eigenvalue weighted by Gasteiger charge is 2.18. The van der Waals surface area contributed by atoms with E-state index in [2.05, 4.69) is 5.32 Å². The Kier molecular flexibility index (Phi) is 3.60. The van der Waals surface area contributed by atoms with E-state index in [0.717, 1.165) is 0 Å². The van der Waals surface area contributed by atoms with Gasteiger partial charge in [-0.05, 0) is 26.7 Å². The van der Waals surface area contributed by atoms with Gasteiger partial charge in [0.15, 0.2) is 0 Å². The van der Waals surface area contributed by atoms with Gasteiger partial charge < -0.3 is 9.74 Å². The van der Waals surface area contributed by atoms with E-state index in [1.165, 1.54) is 0 Å². The van der Waals surface area contributed by atoms with Crippen LogP contribution in [-0.2, 0) is 9.22 Å². The maximum Gasteiger partial charge on any atom is 0.306 e. The zero-order valence-corrected chi connectivity index (χ0v) is 8.02. The first-order chi connectivity index (χ1) is 4.45. The van der Waals surface area contributed by atoms with Gasteiger partial charge in [0.05, 0.1) is 6.54 Å². The van der Waals surface area contributed by atoms with E-state index in [-0.39, 0.29) is 5.97 Å². The highest BCUT2D eigenvalue weighted by molar-refractivity contribution is 6.71. The quantitative estimate of drug-likeness (QED) is 0.615. The van der Waals surface area contributed by atoms with Crippen molar-refractivity contribution in [2.24, 2.45) is 0 Å². The molecular weight excluding hydrogens is 146 g/mol. The zero-order chi connectivity index (χ0) is 8.20. The molecule has 0 aromatic rings. The molecular formula is C6H15NO2Si. The van der Waals surface area contributed by atoms with Crippen LogP contribution < -0.4 is 5.32 Å².